The number of methoxy groups -OCH3 is 1. The van der Waals surface area contributed by atoms with E-state index < -0.39 is 15.6 Å². The van der Waals surface area contributed by atoms with Crippen LogP contribution in [0.4, 0.5) is 5.69 Å². The van der Waals surface area contributed by atoms with Crippen LogP contribution in [0.1, 0.15) is 44.1 Å². The smallest absolute Gasteiger partial charge is 0.264 e. The van der Waals surface area contributed by atoms with E-state index in [4.69, 9.17) is 4.74 Å². The van der Waals surface area contributed by atoms with Crippen LogP contribution in [0.15, 0.2) is 89.8 Å². The van der Waals surface area contributed by atoms with Crippen LogP contribution in [0.3, 0.4) is 0 Å². The summed E-state index contributed by atoms with van der Waals surface area (Å²) >= 11 is 0. The van der Waals surface area contributed by atoms with Gasteiger partial charge in [-0.1, -0.05) is 61.4 Å². The lowest BCUT2D eigenvalue weighted by Gasteiger charge is -2.49. The monoisotopic (exact) mass is 520 g/mol. The van der Waals surface area contributed by atoms with Gasteiger partial charge >= 0.3 is 0 Å². The Balaban J connectivity index is 1.39. The summed E-state index contributed by atoms with van der Waals surface area (Å²) in [5.41, 5.74) is 0.783. The molecule has 2 aliphatic rings. The predicted octanol–water partition coefficient (Wildman–Crippen LogP) is 5.19. The van der Waals surface area contributed by atoms with Crippen LogP contribution in [-0.4, -0.2) is 50.7 Å². The summed E-state index contributed by atoms with van der Waals surface area (Å²) in [6.45, 7) is 1.48. The summed E-state index contributed by atoms with van der Waals surface area (Å²) in [7, 11) is -2.21. The van der Waals surface area contributed by atoms with Crippen molar-refractivity contribution >= 4 is 15.7 Å². The third-order valence-corrected chi connectivity index (χ3v) is 9.90. The second-order valence-corrected chi connectivity index (χ2v) is 11.9. The lowest BCUT2D eigenvalue weighted by atomic mass is 9.74. The molecule has 0 spiro atoms. The van der Waals surface area contributed by atoms with Crippen LogP contribution in [0.5, 0.6) is 5.75 Å². The first kappa shape index (κ1) is 25.8. The second kappa shape index (κ2) is 10.9. The highest BCUT2D eigenvalue weighted by molar-refractivity contribution is 7.92. The molecular weight excluding hydrogens is 484 g/mol. The van der Waals surface area contributed by atoms with Crippen LogP contribution < -0.4 is 9.04 Å². The first-order valence-electron chi connectivity index (χ1n) is 13.2. The molecule has 0 bridgehead atoms. The Hall–Kier alpha value is -2.87. The number of para-hydroxylation sites is 1. The summed E-state index contributed by atoms with van der Waals surface area (Å²) in [4.78, 5) is 2.65. The van der Waals surface area contributed by atoms with E-state index >= 15 is 0 Å². The highest BCUT2D eigenvalue weighted by Gasteiger charge is 2.45. The molecule has 1 aliphatic heterocycles. The molecule has 1 N–H and O–H groups in total. The Labute approximate surface area is 220 Å². The van der Waals surface area contributed by atoms with Crippen molar-refractivity contribution in [3.8, 4) is 5.75 Å². The number of aliphatic hydroxyl groups is 1. The van der Waals surface area contributed by atoms with Gasteiger partial charge in [-0.2, -0.15) is 0 Å². The molecule has 0 amide bonds. The van der Waals surface area contributed by atoms with Crippen molar-refractivity contribution in [2.75, 3.05) is 24.5 Å². The van der Waals surface area contributed by atoms with Gasteiger partial charge in [0.2, 0.25) is 0 Å². The van der Waals surface area contributed by atoms with Gasteiger partial charge in [-0.15, -0.1) is 0 Å². The van der Waals surface area contributed by atoms with Crippen LogP contribution in [0.2, 0.25) is 0 Å². The lowest BCUT2D eigenvalue weighted by Crippen LogP contribution is -2.57. The Bertz CT molecular complexity index is 1260. The van der Waals surface area contributed by atoms with E-state index in [1.807, 2.05) is 60.7 Å². The second-order valence-electron chi connectivity index (χ2n) is 10.1. The molecule has 3 aromatic carbocycles. The van der Waals surface area contributed by atoms with Gasteiger partial charge in [0.05, 0.1) is 17.7 Å². The SMILES string of the molecule is COc1ccc(S(=O)(=O)N(c2ccccc2)C2CCN([C@@H]3CCCCC3(O)c3ccccc3)CC2)cc1. The molecule has 7 heteroatoms. The van der Waals surface area contributed by atoms with Gasteiger partial charge in [0.15, 0.2) is 0 Å². The first-order chi connectivity index (χ1) is 17.9. The Kier molecular flexibility index (Phi) is 7.56. The fraction of sp³-hybridized carbons (Fsp3) is 0.400. The number of rotatable bonds is 7. The summed E-state index contributed by atoms with van der Waals surface area (Å²) in [5.74, 6) is 0.622. The van der Waals surface area contributed by atoms with E-state index in [1.54, 1.807) is 35.7 Å². The summed E-state index contributed by atoms with van der Waals surface area (Å²) in [6, 6.07) is 25.9. The molecule has 1 saturated carbocycles. The summed E-state index contributed by atoms with van der Waals surface area (Å²) in [5, 5.41) is 11.9. The van der Waals surface area contributed by atoms with Crippen LogP contribution >= 0.6 is 0 Å². The fourth-order valence-corrected chi connectivity index (χ4v) is 7.81. The van der Waals surface area contributed by atoms with Gasteiger partial charge in [-0.25, -0.2) is 8.42 Å². The average Bonchev–Trinajstić information content (AvgIpc) is 2.95. The van der Waals surface area contributed by atoms with E-state index in [9.17, 15) is 13.5 Å². The fourth-order valence-electron chi connectivity index (χ4n) is 6.10. The number of anilines is 1. The molecule has 0 aromatic heterocycles. The zero-order valence-electron chi connectivity index (χ0n) is 21.4. The Morgan fingerprint density at radius 2 is 1.49 bits per heavy atom. The molecule has 37 heavy (non-hydrogen) atoms. The highest BCUT2D eigenvalue weighted by atomic mass is 32.2. The number of hydrogen-bond acceptors (Lipinski definition) is 5. The van der Waals surface area contributed by atoms with Gasteiger partial charge < -0.3 is 9.84 Å². The number of ether oxygens (including phenoxy) is 1. The topological polar surface area (TPSA) is 70.1 Å². The van der Waals surface area contributed by atoms with Crippen molar-refractivity contribution in [1.82, 2.24) is 4.90 Å². The maximum Gasteiger partial charge on any atom is 0.264 e. The zero-order valence-corrected chi connectivity index (χ0v) is 22.2. The van der Waals surface area contributed by atoms with Gasteiger partial charge in [-0.3, -0.25) is 9.21 Å². The van der Waals surface area contributed by atoms with Crippen molar-refractivity contribution in [2.45, 2.75) is 61.1 Å². The van der Waals surface area contributed by atoms with E-state index in [0.29, 0.717) is 24.3 Å². The van der Waals surface area contributed by atoms with E-state index in [-0.39, 0.29) is 17.0 Å². The Morgan fingerprint density at radius 3 is 2.11 bits per heavy atom. The molecule has 0 radical (unpaired) electrons. The molecule has 1 heterocycles. The zero-order chi connectivity index (χ0) is 25.9. The molecule has 3 aromatic rings. The van der Waals surface area contributed by atoms with Crippen molar-refractivity contribution in [2.24, 2.45) is 0 Å². The van der Waals surface area contributed by atoms with Crippen molar-refractivity contribution in [3.63, 3.8) is 0 Å². The third-order valence-electron chi connectivity index (χ3n) is 8.01. The van der Waals surface area contributed by atoms with Crippen molar-refractivity contribution in [1.29, 1.82) is 0 Å². The van der Waals surface area contributed by atoms with Gasteiger partial charge in [-0.05, 0) is 67.6 Å². The van der Waals surface area contributed by atoms with Gasteiger partial charge in [0, 0.05) is 25.2 Å². The van der Waals surface area contributed by atoms with Gasteiger partial charge in [0.25, 0.3) is 10.0 Å². The molecule has 196 valence electrons. The predicted molar refractivity (Wildman–Crippen MR) is 146 cm³/mol. The maximum absolute atomic E-state index is 13.9. The number of benzene rings is 3. The van der Waals surface area contributed by atoms with Crippen LogP contribution in [0, 0.1) is 0 Å². The van der Waals surface area contributed by atoms with E-state index in [0.717, 1.165) is 44.3 Å². The minimum atomic E-state index is -3.78. The quantitative estimate of drug-likeness (QED) is 0.465. The number of likely N-dealkylation sites (tertiary alicyclic amines) is 1. The third kappa shape index (κ3) is 5.13. The first-order valence-corrected chi connectivity index (χ1v) is 14.6. The molecule has 1 aliphatic carbocycles. The van der Waals surface area contributed by atoms with E-state index in [1.165, 1.54) is 0 Å². The number of sulfonamides is 1. The highest BCUT2D eigenvalue weighted by Crippen LogP contribution is 2.41. The average molecular weight is 521 g/mol. The largest absolute Gasteiger partial charge is 0.497 e. The number of hydrogen-bond donors (Lipinski definition) is 1. The van der Waals surface area contributed by atoms with Crippen molar-refractivity contribution in [3.05, 3.63) is 90.5 Å². The summed E-state index contributed by atoms with van der Waals surface area (Å²) in [6.07, 6.45) is 5.21. The standard InChI is InChI=1S/C30H36N2O4S/c1-36-27-15-17-28(18-16-27)37(34,35)32(25-12-6-3-7-13-25)26-19-22-31(23-20-26)29-14-8-9-21-30(29,33)24-10-4-2-5-11-24/h2-7,10-13,15-18,26,29,33H,8-9,14,19-23H2,1H3/t29-,30?/m1/s1. The molecule has 1 unspecified atom stereocenters. The molecule has 5 rings (SSSR count). The molecular formula is C30H36N2O4S. The number of nitrogens with zero attached hydrogens (tertiary/aromatic N) is 2. The van der Waals surface area contributed by atoms with Crippen LogP contribution in [-0.2, 0) is 15.6 Å². The minimum absolute atomic E-state index is 0.0352. The maximum atomic E-state index is 13.9. The Morgan fingerprint density at radius 1 is 0.865 bits per heavy atom. The minimum Gasteiger partial charge on any atom is -0.497 e. The number of piperidine rings is 1. The molecule has 1 saturated heterocycles. The van der Waals surface area contributed by atoms with Crippen LogP contribution in [0.25, 0.3) is 0 Å². The summed E-state index contributed by atoms with van der Waals surface area (Å²) < 4.78 is 34.7. The molecule has 2 atom stereocenters. The lowest BCUT2D eigenvalue weighted by molar-refractivity contribution is -0.0849. The molecule has 6 nitrogen and oxygen atoms in total. The van der Waals surface area contributed by atoms with Gasteiger partial charge in [0.1, 0.15) is 11.4 Å². The molecule has 2 fully saturated rings. The van der Waals surface area contributed by atoms with E-state index in [2.05, 4.69) is 4.90 Å². The normalized spacial score (nSPS) is 23.5. The van der Waals surface area contributed by atoms with Crippen molar-refractivity contribution < 1.29 is 18.3 Å².